The standard InChI is InChI=1S/C28H36F6O2/c1-18-15-19(17-21(35)16-18)6-7-20-5-3-10-24(2)22(20)8-9-23(24)25(13-14-25)11-4-12-26(36,27(29,30)31)28(32,33)34/h4,6-7,9,12,18,21-22,35-36H,3,5,8,10-11,13-17H2,1-2H3/b12-4-,19-6-,20-7+/t18-,21+,22+,24+/m1/s1. The molecule has 0 amide bonds. The SMILES string of the molecule is C[C@@H]1C/C(=C/C=C2\CCC[C@]3(C)C(C4(C/C=C\C(O)(C(F)(F)F)C(F)(F)F)CC4)=CC[C@@H]23)C[C@@H](O)C1. The summed E-state index contributed by atoms with van der Waals surface area (Å²) >= 11 is 0. The Kier molecular flexibility index (Phi) is 7.13. The fourth-order valence-corrected chi connectivity index (χ4v) is 7.01. The number of hydrogen-bond acceptors (Lipinski definition) is 2. The third-order valence-corrected chi connectivity index (χ3v) is 9.02. The van der Waals surface area contributed by atoms with Gasteiger partial charge in [-0.1, -0.05) is 54.9 Å². The average Bonchev–Trinajstić information content (AvgIpc) is 3.42. The second-order valence-corrected chi connectivity index (χ2v) is 11.8. The normalized spacial score (nSPS) is 35.4. The first kappa shape index (κ1) is 27.5. The maximum atomic E-state index is 13.1. The van der Waals surface area contributed by atoms with Gasteiger partial charge in [0.2, 0.25) is 0 Å². The number of hydrogen-bond donors (Lipinski definition) is 2. The van der Waals surface area contributed by atoms with E-state index < -0.39 is 23.4 Å². The Morgan fingerprint density at radius 3 is 2.28 bits per heavy atom. The zero-order valence-corrected chi connectivity index (χ0v) is 20.9. The summed E-state index contributed by atoms with van der Waals surface area (Å²) in [4.78, 5) is 0. The van der Waals surface area contributed by atoms with Crippen molar-refractivity contribution in [1.82, 2.24) is 0 Å². The summed E-state index contributed by atoms with van der Waals surface area (Å²) in [7, 11) is 0. The minimum absolute atomic E-state index is 0.0501. The summed E-state index contributed by atoms with van der Waals surface area (Å²) in [6.45, 7) is 4.33. The maximum absolute atomic E-state index is 13.1. The van der Waals surface area contributed by atoms with Crippen molar-refractivity contribution in [1.29, 1.82) is 0 Å². The Morgan fingerprint density at radius 1 is 1.03 bits per heavy atom. The molecule has 0 aromatic heterocycles. The Labute approximate surface area is 208 Å². The molecule has 2 nitrogen and oxygen atoms in total. The van der Waals surface area contributed by atoms with Gasteiger partial charge in [0, 0.05) is 0 Å². The first-order chi connectivity index (χ1) is 16.6. The molecular weight excluding hydrogens is 482 g/mol. The predicted octanol–water partition coefficient (Wildman–Crippen LogP) is 7.74. The van der Waals surface area contributed by atoms with E-state index in [-0.39, 0.29) is 29.9 Å². The van der Waals surface area contributed by atoms with Crippen molar-refractivity contribution in [3.63, 3.8) is 0 Å². The van der Waals surface area contributed by atoms with E-state index in [4.69, 9.17) is 0 Å². The molecule has 0 aromatic rings. The smallest absolute Gasteiger partial charge is 0.393 e. The Balaban J connectivity index is 1.51. The van der Waals surface area contributed by atoms with Gasteiger partial charge in [0.1, 0.15) is 0 Å². The van der Waals surface area contributed by atoms with Crippen LogP contribution in [0.5, 0.6) is 0 Å². The van der Waals surface area contributed by atoms with Crippen LogP contribution in [0.2, 0.25) is 0 Å². The van der Waals surface area contributed by atoms with Crippen LogP contribution in [-0.2, 0) is 0 Å². The van der Waals surface area contributed by atoms with Crippen molar-refractivity contribution in [2.75, 3.05) is 0 Å². The second kappa shape index (κ2) is 9.33. The molecule has 4 aliphatic carbocycles. The Morgan fingerprint density at radius 2 is 1.69 bits per heavy atom. The molecule has 0 saturated heterocycles. The minimum atomic E-state index is -5.84. The second-order valence-electron chi connectivity index (χ2n) is 11.8. The summed E-state index contributed by atoms with van der Waals surface area (Å²) in [5, 5.41) is 19.6. The molecule has 4 aliphatic rings. The molecule has 202 valence electrons. The first-order valence-corrected chi connectivity index (χ1v) is 12.9. The van der Waals surface area contributed by atoms with Gasteiger partial charge < -0.3 is 10.2 Å². The van der Waals surface area contributed by atoms with Gasteiger partial charge in [0.15, 0.2) is 0 Å². The molecule has 0 radical (unpaired) electrons. The van der Waals surface area contributed by atoms with Crippen LogP contribution < -0.4 is 0 Å². The molecule has 0 spiro atoms. The van der Waals surface area contributed by atoms with Crippen LogP contribution in [0.1, 0.15) is 78.1 Å². The third-order valence-electron chi connectivity index (χ3n) is 9.02. The van der Waals surface area contributed by atoms with Crippen molar-refractivity contribution >= 4 is 0 Å². The number of aliphatic hydroxyl groups is 2. The molecule has 0 bridgehead atoms. The summed E-state index contributed by atoms with van der Waals surface area (Å²) in [5.74, 6) is 0.720. The topological polar surface area (TPSA) is 40.5 Å². The minimum Gasteiger partial charge on any atom is -0.393 e. The molecule has 36 heavy (non-hydrogen) atoms. The van der Waals surface area contributed by atoms with E-state index in [9.17, 15) is 36.6 Å². The van der Waals surface area contributed by atoms with E-state index in [0.717, 1.165) is 63.0 Å². The van der Waals surface area contributed by atoms with Crippen LogP contribution in [0.4, 0.5) is 26.3 Å². The van der Waals surface area contributed by atoms with Crippen molar-refractivity contribution < 1.29 is 36.6 Å². The van der Waals surface area contributed by atoms with Crippen LogP contribution in [0.25, 0.3) is 0 Å². The van der Waals surface area contributed by atoms with Gasteiger partial charge in [-0.05, 0) is 93.0 Å². The van der Waals surface area contributed by atoms with E-state index in [0.29, 0.717) is 12.3 Å². The third kappa shape index (κ3) is 4.96. The van der Waals surface area contributed by atoms with E-state index in [1.165, 1.54) is 11.1 Å². The molecule has 4 rings (SSSR count). The van der Waals surface area contributed by atoms with Crippen LogP contribution in [0.3, 0.4) is 0 Å². The van der Waals surface area contributed by atoms with E-state index in [1.54, 1.807) is 0 Å². The van der Waals surface area contributed by atoms with Crippen molar-refractivity contribution in [3.8, 4) is 0 Å². The summed E-state index contributed by atoms with van der Waals surface area (Å²) in [6, 6.07) is 0. The molecule has 0 unspecified atom stereocenters. The number of fused-ring (bicyclic) bond motifs is 1. The van der Waals surface area contributed by atoms with E-state index >= 15 is 0 Å². The van der Waals surface area contributed by atoms with Crippen LogP contribution >= 0.6 is 0 Å². The maximum Gasteiger partial charge on any atom is 0.429 e. The zero-order chi connectivity index (χ0) is 26.6. The molecule has 0 heterocycles. The van der Waals surface area contributed by atoms with Crippen molar-refractivity contribution in [3.05, 3.63) is 47.1 Å². The number of rotatable bonds is 5. The number of allylic oxidation sites excluding steroid dienone is 6. The van der Waals surface area contributed by atoms with Gasteiger partial charge in [-0.3, -0.25) is 0 Å². The lowest BCUT2D eigenvalue weighted by Crippen LogP contribution is -2.55. The number of halogens is 6. The summed E-state index contributed by atoms with van der Waals surface area (Å²) < 4.78 is 78.3. The van der Waals surface area contributed by atoms with Crippen LogP contribution in [-0.4, -0.2) is 34.3 Å². The van der Waals surface area contributed by atoms with Gasteiger partial charge in [0.05, 0.1) is 6.10 Å². The largest absolute Gasteiger partial charge is 0.429 e. The summed E-state index contributed by atoms with van der Waals surface area (Å²) in [5.41, 5.74) is -1.70. The Bertz CT molecular complexity index is 940. The highest BCUT2D eigenvalue weighted by molar-refractivity contribution is 5.40. The number of aliphatic hydroxyl groups excluding tert-OH is 1. The fourth-order valence-electron chi connectivity index (χ4n) is 7.01. The molecule has 0 aliphatic heterocycles. The van der Waals surface area contributed by atoms with E-state index in [1.807, 2.05) is 0 Å². The number of alkyl halides is 6. The first-order valence-electron chi connectivity index (χ1n) is 12.9. The highest BCUT2D eigenvalue weighted by Crippen LogP contribution is 2.67. The average molecular weight is 519 g/mol. The predicted molar refractivity (Wildman–Crippen MR) is 126 cm³/mol. The molecule has 8 heteroatoms. The highest BCUT2D eigenvalue weighted by Gasteiger charge is 2.69. The zero-order valence-electron chi connectivity index (χ0n) is 20.9. The molecule has 2 N–H and O–H groups in total. The quantitative estimate of drug-likeness (QED) is 0.289. The van der Waals surface area contributed by atoms with Crippen molar-refractivity contribution in [2.24, 2.45) is 22.7 Å². The lowest BCUT2D eigenvalue weighted by Gasteiger charge is -2.43. The van der Waals surface area contributed by atoms with Crippen LogP contribution in [0, 0.1) is 22.7 Å². The highest BCUT2D eigenvalue weighted by atomic mass is 19.4. The fraction of sp³-hybridized carbons (Fsp3) is 0.714. The summed E-state index contributed by atoms with van der Waals surface area (Å²) in [6.07, 6.45) is 3.01. The molecule has 0 aromatic carbocycles. The lowest BCUT2D eigenvalue weighted by molar-refractivity contribution is -0.347. The van der Waals surface area contributed by atoms with Gasteiger partial charge in [-0.2, -0.15) is 26.3 Å². The van der Waals surface area contributed by atoms with E-state index in [2.05, 4.69) is 32.1 Å². The van der Waals surface area contributed by atoms with Crippen LogP contribution in [0.15, 0.2) is 47.1 Å². The molecule has 3 fully saturated rings. The van der Waals surface area contributed by atoms with Gasteiger partial charge in [-0.25, -0.2) is 0 Å². The monoisotopic (exact) mass is 518 g/mol. The van der Waals surface area contributed by atoms with Crippen molar-refractivity contribution in [2.45, 2.75) is 102 Å². The molecular formula is C28H36F6O2. The molecule has 3 saturated carbocycles. The molecule has 4 atom stereocenters. The Hall–Kier alpha value is -1.54. The van der Waals surface area contributed by atoms with Gasteiger partial charge >= 0.3 is 12.4 Å². The van der Waals surface area contributed by atoms with Gasteiger partial charge in [-0.15, -0.1) is 0 Å². The lowest BCUT2D eigenvalue weighted by atomic mass is 9.61. The van der Waals surface area contributed by atoms with Gasteiger partial charge in [0.25, 0.3) is 5.60 Å².